The minimum absolute atomic E-state index is 0.0978. The molecule has 2 N–H and O–H groups in total. The zero-order valence-electron chi connectivity index (χ0n) is 9.66. The average Bonchev–Trinajstić information content (AvgIpc) is 2.21. The van der Waals surface area contributed by atoms with Crippen LogP contribution in [0.15, 0.2) is 29.8 Å². The summed E-state index contributed by atoms with van der Waals surface area (Å²) in [6.45, 7) is 4.68. The number of benzene rings is 1. The van der Waals surface area contributed by atoms with Crippen LogP contribution in [0.1, 0.15) is 25.0 Å². The molecule has 1 aromatic rings. The van der Waals surface area contributed by atoms with E-state index >= 15 is 0 Å². The minimum atomic E-state index is 0.0978. The molecule has 0 aromatic heterocycles. The van der Waals surface area contributed by atoms with Gasteiger partial charge in [-0.05, 0) is 25.0 Å². The van der Waals surface area contributed by atoms with Crippen LogP contribution in [-0.4, -0.2) is 13.2 Å². The van der Waals surface area contributed by atoms with Gasteiger partial charge in [-0.2, -0.15) is 0 Å². The maximum Gasteiger partial charge on any atom is 0.0718 e. The van der Waals surface area contributed by atoms with Crippen molar-refractivity contribution in [2.75, 3.05) is 7.11 Å². The zero-order valence-corrected chi connectivity index (χ0v) is 9.66. The number of ether oxygens (including phenoxy) is 1. The Morgan fingerprint density at radius 1 is 1.47 bits per heavy atom. The first kappa shape index (κ1) is 12.0. The number of methoxy groups -OCH3 is 1. The normalized spacial score (nSPS) is 14.0. The van der Waals surface area contributed by atoms with Crippen molar-refractivity contribution in [2.45, 2.75) is 26.5 Å². The standard InChI is InChI=1S/C13H19NO/c1-10(11(2)14)8-12-6-4-5-7-13(12)9-15-3/h4-8,11H,9,14H2,1-3H3/b10-8-. The van der Waals surface area contributed by atoms with Crippen LogP contribution in [0.4, 0.5) is 0 Å². The molecule has 0 bridgehead atoms. The first-order valence-corrected chi connectivity index (χ1v) is 5.15. The fourth-order valence-electron chi connectivity index (χ4n) is 1.34. The SMILES string of the molecule is COCc1ccccc1/C=C(/C)C(C)N. The molecule has 2 nitrogen and oxygen atoms in total. The van der Waals surface area contributed by atoms with Gasteiger partial charge in [0.1, 0.15) is 0 Å². The Morgan fingerprint density at radius 2 is 2.13 bits per heavy atom. The van der Waals surface area contributed by atoms with E-state index in [1.807, 2.05) is 26.0 Å². The van der Waals surface area contributed by atoms with Crippen LogP contribution >= 0.6 is 0 Å². The van der Waals surface area contributed by atoms with E-state index in [4.69, 9.17) is 10.5 Å². The second-order valence-electron chi connectivity index (χ2n) is 3.81. The lowest BCUT2D eigenvalue weighted by Gasteiger charge is -2.08. The van der Waals surface area contributed by atoms with Gasteiger partial charge in [0.2, 0.25) is 0 Å². The second-order valence-corrected chi connectivity index (χ2v) is 3.81. The lowest BCUT2D eigenvalue weighted by Crippen LogP contribution is -2.15. The molecule has 15 heavy (non-hydrogen) atoms. The van der Waals surface area contributed by atoms with Crippen molar-refractivity contribution in [1.82, 2.24) is 0 Å². The van der Waals surface area contributed by atoms with Crippen molar-refractivity contribution in [1.29, 1.82) is 0 Å². The number of hydrogen-bond acceptors (Lipinski definition) is 2. The van der Waals surface area contributed by atoms with E-state index in [-0.39, 0.29) is 6.04 Å². The maximum atomic E-state index is 5.81. The Kier molecular flexibility index (Phi) is 4.53. The highest BCUT2D eigenvalue weighted by molar-refractivity contribution is 5.57. The molecule has 1 atom stereocenters. The molecule has 0 aliphatic heterocycles. The van der Waals surface area contributed by atoms with Crippen LogP contribution in [0, 0.1) is 0 Å². The Bertz CT molecular complexity index is 342. The summed E-state index contributed by atoms with van der Waals surface area (Å²) in [6.07, 6.45) is 2.12. The van der Waals surface area contributed by atoms with Crippen molar-refractivity contribution in [2.24, 2.45) is 5.73 Å². The Morgan fingerprint density at radius 3 is 2.73 bits per heavy atom. The van der Waals surface area contributed by atoms with Gasteiger partial charge in [-0.25, -0.2) is 0 Å². The lowest BCUT2D eigenvalue weighted by molar-refractivity contribution is 0.184. The summed E-state index contributed by atoms with van der Waals surface area (Å²) in [7, 11) is 1.71. The molecular formula is C13H19NO. The predicted octanol–water partition coefficient (Wildman–Crippen LogP) is 2.58. The molecule has 0 fully saturated rings. The first-order chi connectivity index (χ1) is 7.15. The van der Waals surface area contributed by atoms with Crippen LogP contribution in [-0.2, 0) is 11.3 Å². The van der Waals surface area contributed by atoms with Gasteiger partial charge in [0.15, 0.2) is 0 Å². The number of hydrogen-bond donors (Lipinski definition) is 1. The summed E-state index contributed by atoms with van der Waals surface area (Å²) >= 11 is 0. The van der Waals surface area contributed by atoms with E-state index in [9.17, 15) is 0 Å². The quantitative estimate of drug-likeness (QED) is 0.820. The smallest absolute Gasteiger partial charge is 0.0718 e. The maximum absolute atomic E-state index is 5.81. The number of rotatable bonds is 4. The van der Waals surface area contributed by atoms with Crippen LogP contribution in [0.3, 0.4) is 0 Å². The third-order valence-electron chi connectivity index (χ3n) is 2.46. The molecule has 0 spiro atoms. The van der Waals surface area contributed by atoms with E-state index in [1.165, 1.54) is 16.7 Å². The van der Waals surface area contributed by atoms with Gasteiger partial charge in [0, 0.05) is 13.2 Å². The van der Waals surface area contributed by atoms with E-state index in [2.05, 4.69) is 18.2 Å². The van der Waals surface area contributed by atoms with Crippen molar-refractivity contribution in [3.63, 3.8) is 0 Å². The highest BCUT2D eigenvalue weighted by atomic mass is 16.5. The molecule has 1 aromatic carbocycles. The Balaban J connectivity index is 2.98. The molecule has 2 heteroatoms. The fraction of sp³-hybridized carbons (Fsp3) is 0.385. The largest absolute Gasteiger partial charge is 0.380 e. The molecule has 1 rings (SSSR count). The van der Waals surface area contributed by atoms with E-state index < -0.39 is 0 Å². The monoisotopic (exact) mass is 205 g/mol. The van der Waals surface area contributed by atoms with Gasteiger partial charge in [0.25, 0.3) is 0 Å². The first-order valence-electron chi connectivity index (χ1n) is 5.15. The van der Waals surface area contributed by atoms with Crippen molar-refractivity contribution in [3.8, 4) is 0 Å². The van der Waals surface area contributed by atoms with Gasteiger partial charge in [0.05, 0.1) is 6.61 Å². The van der Waals surface area contributed by atoms with E-state index in [0.29, 0.717) is 6.61 Å². The Hall–Kier alpha value is -1.12. The fourth-order valence-corrected chi connectivity index (χ4v) is 1.34. The molecule has 1 unspecified atom stereocenters. The van der Waals surface area contributed by atoms with Crippen molar-refractivity contribution in [3.05, 3.63) is 41.0 Å². The average molecular weight is 205 g/mol. The molecule has 0 saturated heterocycles. The second kappa shape index (κ2) is 5.69. The van der Waals surface area contributed by atoms with Crippen LogP contribution in [0.5, 0.6) is 0 Å². The van der Waals surface area contributed by atoms with E-state index in [1.54, 1.807) is 7.11 Å². The molecule has 0 radical (unpaired) electrons. The van der Waals surface area contributed by atoms with E-state index in [0.717, 1.165) is 0 Å². The van der Waals surface area contributed by atoms with Gasteiger partial charge in [-0.1, -0.05) is 35.9 Å². The highest BCUT2D eigenvalue weighted by Gasteiger charge is 2.01. The van der Waals surface area contributed by atoms with Gasteiger partial charge < -0.3 is 10.5 Å². The van der Waals surface area contributed by atoms with Gasteiger partial charge >= 0.3 is 0 Å². The third-order valence-corrected chi connectivity index (χ3v) is 2.46. The summed E-state index contributed by atoms with van der Waals surface area (Å²) in [6, 6.07) is 8.30. The zero-order chi connectivity index (χ0) is 11.3. The molecule has 0 amide bonds. The third kappa shape index (κ3) is 3.50. The lowest BCUT2D eigenvalue weighted by atomic mass is 10.0. The van der Waals surface area contributed by atoms with Crippen molar-refractivity contribution >= 4 is 6.08 Å². The summed E-state index contributed by atoms with van der Waals surface area (Å²) in [5.74, 6) is 0. The summed E-state index contributed by atoms with van der Waals surface area (Å²) in [5.41, 5.74) is 9.37. The van der Waals surface area contributed by atoms with Crippen molar-refractivity contribution < 1.29 is 4.74 Å². The molecule has 0 heterocycles. The molecule has 0 aliphatic rings. The molecule has 0 saturated carbocycles. The molecular weight excluding hydrogens is 186 g/mol. The van der Waals surface area contributed by atoms with Gasteiger partial charge in [-0.15, -0.1) is 0 Å². The van der Waals surface area contributed by atoms with Gasteiger partial charge in [-0.3, -0.25) is 0 Å². The summed E-state index contributed by atoms with van der Waals surface area (Å²) < 4.78 is 5.15. The summed E-state index contributed by atoms with van der Waals surface area (Å²) in [4.78, 5) is 0. The van der Waals surface area contributed by atoms with Crippen LogP contribution in [0.2, 0.25) is 0 Å². The molecule has 82 valence electrons. The minimum Gasteiger partial charge on any atom is -0.380 e. The predicted molar refractivity (Wildman–Crippen MR) is 64.5 cm³/mol. The van der Waals surface area contributed by atoms with Crippen LogP contribution < -0.4 is 5.73 Å². The highest BCUT2D eigenvalue weighted by Crippen LogP contribution is 2.14. The molecule has 0 aliphatic carbocycles. The summed E-state index contributed by atoms with van der Waals surface area (Å²) in [5, 5.41) is 0. The number of nitrogens with two attached hydrogens (primary N) is 1. The Labute approximate surface area is 91.7 Å². The topological polar surface area (TPSA) is 35.2 Å². The van der Waals surface area contributed by atoms with Crippen LogP contribution in [0.25, 0.3) is 6.08 Å².